The zero-order chi connectivity index (χ0) is 20.0. The maximum Gasteiger partial charge on any atom is 0.309 e. The molecular weight excluding hydrogens is 346 g/mol. The number of ether oxygens (including phenoxy) is 1. The molecule has 1 atom stereocenters. The smallest absolute Gasteiger partial charge is 0.309 e. The molecule has 0 aliphatic carbocycles. The van der Waals surface area contributed by atoms with Crippen LogP contribution in [0.1, 0.15) is 35.7 Å². The van der Waals surface area contributed by atoms with Crippen molar-refractivity contribution in [1.29, 1.82) is 10.7 Å². The van der Waals surface area contributed by atoms with Crippen LogP contribution in [0.4, 0.5) is 0 Å². The van der Waals surface area contributed by atoms with Crippen molar-refractivity contribution < 1.29 is 19.1 Å². The zero-order valence-corrected chi connectivity index (χ0v) is 15.5. The van der Waals surface area contributed by atoms with Gasteiger partial charge in [-0.05, 0) is 38.3 Å². The van der Waals surface area contributed by atoms with Crippen LogP contribution in [0.15, 0.2) is 24.3 Å². The Kier molecular flexibility index (Phi) is 6.83. The largest absolute Gasteiger partial charge is 0.457 e. The van der Waals surface area contributed by atoms with Crippen molar-refractivity contribution in [3.05, 3.63) is 35.4 Å². The lowest BCUT2D eigenvalue weighted by Gasteiger charge is -2.31. The summed E-state index contributed by atoms with van der Waals surface area (Å²) in [7, 11) is 0. The highest BCUT2D eigenvalue weighted by Gasteiger charge is 2.30. The van der Waals surface area contributed by atoms with Gasteiger partial charge in [0.25, 0.3) is 5.91 Å². The van der Waals surface area contributed by atoms with Crippen LogP contribution in [-0.2, 0) is 14.3 Å². The molecule has 1 aliphatic heterocycles. The molecule has 0 unspecified atom stereocenters. The summed E-state index contributed by atoms with van der Waals surface area (Å²) in [5.74, 6) is -2.68. The third kappa shape index (κ3) is 5.00. The first-order valence-corrected chi connectivity index (χ1v) is 8.84. The van der Waals surface area contributed by atoms with E-state index in [1.807, 2.05) is 25.1 Å². The van der Waals surface area contributed by atoms with Gasteiger partial charge in [0.15, 0.2) is 12.4 Å². The summed E-state index contributed by atoms with van der Waals surface area (Å²) in [4.78, 5) is 38.3. The van der Waals surface area contributed by atoms with Crippen LogP contribution in [0.5, 0.6) is 0 Å². The van der Waals surface area contributed by atoms with Crippen molar-refractivity contribution >= 4 is 23.4 Å². The summed E-state index contributed by atoms with van der Waals surface area (Å²) in [6.45, 7) is 3.64. The maximum atomic E-state index is 12.6. The molecule has 0 aromatic heterocycles. The molecule has 7 nitrogen and oxygen atoms in total. The summed E-state index contributed by atoms with van der Waals surface area (Å²) >= 11 is 0. The zero-order valence-electron chi connectivity index (χ0n) is 15.5. The maximum absolute atomic E-state index is 12.6. The van der Waals surface area contributed by atoms with Crippen LogP contribution in [-0.4, -0.2) is 48.0 Å². The molecule has 142 valence electrons. The number of esters is 1. The quantitative estimate of drug-likeness (QED) is 0.610. The first kappa shape index (κ1) is 20.3. The standard InChI is InChI=1S/C20H23N3O4/c1-13-5-3-4-6-16(13)19(25)23-9-7-15(8-10-23)20(26)27-12-18(24)17(11-21)14(2)22/h3-6,15,17,22H,7-10,12H2,1-2H3/t17-/m0/s1. The minimum Gasteiger partial charge on any atom is -0.457 e. The summed E-state index contributed by atoms with van der Waals surface area (Å²) in [5, 5.41) is 16.3. The lowest BCUT2D eigenvalue weighted by Crippen LogP contribution is -2.41. The van der Waals surface area contributed by atoms with E-state index in [9.17, 15) is 14.4 Å². The number of ketones is 1. The van der Waals surface area contributed by atoms with E-state index in [1.165, 1.54) is 6.92 Å². The predicted octanol–water partition coefficient (Wildman–Crippen LogP) is 2.14. The van der Waals surface area contributed by atoms with Gasteiger partial charge in [0.2, 0.25) is 0 Å². The number of nitriles is 1. The fourth-order valence-corrected chi connectivity index (χ4v) is 3.06. The molecule has 1 aromatic rings. The lowest BCUT2D eigenvalue weighted by molar-refractivity contribution is -0.153. The molecule has 7 heteroatoms. The van der Waals surface area contributed by atoms with Crippen molar-refractivity contribution in [1.82, 2.24) is 4.90 Å². The number of rotatable bonds is 6. The van der Waals surface area contributed by atoms with Crippen molar-refractivity contribution in [3.63, 3.8) is 0 Å². The number of carbonyl (C=O) groups excluding carboxylic acids is 3. The van der Waals surface area contributed by atoms with Gasteiger partial charge in [-0.1, -0.05) is 18.2 Å². The molecule has 0 spiro atoms. The Morgan fingerprint density at radius 1 is 1.30 bits per heavy atom. The van der Waals surface area contributed by atoms with Gasteiger partial charge in [-0.15, -0.1) is 0 Å². The van der Waals surface area contributed by atoms with Crippen LogP contribution < -0.4 is 0 Å². The Morgan fingerprint density at radius 2 is 1.93 bits per heavy atom. The SMILES string of the molecule is CC(=N)[C@H](C#N)C(=O)COC(=O)C1CCN(C(=O)c2ccccc2C)CC1. The molecule has 2 rings (SSSR count). The molecule has 1 aromatic carbocycles. The molecular formula is C20H23N3O4. The number of nitrogens with one attached hydrogen (secondary N) is 1. The molecule has 0 saturated carbocycles. The Hall–Kier alpha value is -3.01. The van der Waals surface area contributed by atoms with Gasteiger partial charge in [-0.2, -0.15) is 5.26 Å². The molecule has 1 aliphatic rings. The minimum atomic E-state index is -1.17. The van der Waals surface area contributed by atoms with E-state index in [1.54, 1.807) is 17.0 Å². The topological polar surface area (TPSA) is 111 Å². The fourth-order valence-electron chi connectivity index (χ4n) is 3.06. The van der Waals surface area contributed by atoms with Gasteiger partial charge in [0.1, 0.15) is 5.92 Å². The third-order valence-corrected chi connectivity index (χ3v) is 4.73. The average Bonchev–Trinajstić information content (AvgIpc) is 2.66. The van der Waals surface area contributed by atoms with Crippen LogP contribution in [0.3, 0.4) is 0 Å². The first-order valence-electron chi connectivity index (χ1n) is 8.84. The predicted molar refractivity (Wildman–Crippen MR) is 98.3 cm³/mol. The van der Waals surface area contributed by atoms with Gasteiger partial charge in [0, 0.05) is 24.4 Å². The van der Waals surface area contributed by atoms with Crippen LogP contribution in [0, 0.1) is 35.5 Å². The summed E-state index contributed by atoms with van der Waals surface area (Å²) in [6.07, 6.45) is 0.936. The average molecular weight is 369 g/mol. The molecule has 1 N–H and O–H groups in total. The van der Waals surface area contributed by atoms with Gasteiger partial charge < -0.3 is 15.0 Å². The second-order valence-electron chi connectivity index (χ2n) is 6.70. The van der Waals surface area contributed by atoms with Crippen LogP contribution in [0.2, 0.25) is 0 Å². The number of carbonyl (C=O) groups is 3. The number of Topliss-reactive ketones (excluding diaryl/α,β-unsaturated/α-hetero) is 1. The van der Waals surface area contributed by atoms with Crippen molar-refractivity contribution in [3.8, 4) is 6.07 Å². The van der Waals surface area contributed by atoms with Crippen molar-refractivity contribution in [2.45, 2.75) is 26.7 Å². The molecule has 1 fully saturated rings. The Morgan fingerprint density at radius 3 is 2.48 bits per heavy atom. The number of hydrogen-bond donors (Lipinski definition) is 1. The molecule has 0 bridgehead atoms. The van der Waals surface area contributed by atoms with Gasteiger partial charge >= 0.3 is 5.97 Å². The molecule has 0 radical (unpaired) electrons. The number of benzene rings is 1. The van der Waals surface area contributed by atoms with Gasteiger partial charge in [-0.25, -0.2) is 0 Å². The number of piperidine rings is 1. The highest BCUT2D eigenvalue weighted by molar-refractivity contribution is 6.06. The lowest BCUT2D eigenvalue weighted by atomic mass is 9.96. The monoisotopic (exact) mass is 369 g/mol. The first-order chi connectivity index (χ1) is 12.8. The number of likely N-dealkylation sites (tertiary alicyclic amines) is 1. The molecule has 1 heterocycles. The fraction of sp³-hybridized carbons (Fsp3) is 0.450. The summed E-state index contributed by atoms with van der Waals surface area (Å²) in [6, 6.07) is 9.12. The summed E-state index contributed by atoms with van der Waals surface area (Å²) in [5.41, 5.74) is 1.51. The van der Waals surface area contributed by atoms with Crippen molar-refractivity contribution in [2.24, 2.45) is 11.8 Å². The molecule has 1 amide bonds. The Balaban J connectivity index is 1.85. The van der Waals surface area contributed by atoms with Crippen LogP contribution in [0.25, 0.3) is 0 Å². The number of amides is 1. The van der Waals surface area contributed by atoms with E-state index in [4.69, 9.17) is 15.4 Å². The number of nitrogens with zero attached hydrogens (tertiary/aromatic N) is 2. The highest BCUT2D eigenvalue weighted by Crippen LogP contribution is 2.21. The van der Waals surface area contributed by atoms with E-state index < -0.39 is 24.3 Å². The minimum absolute atomic E-state index is 0.0478. The third-order valence-electron chi connectivity index (χ3n) is 4.73. The van der Waals surface area contributed by atoms with E-state index in [2.05, 4.69) is 0 Å². The number of aryl methyl sites for hydroxylation is 1. The van der Waals surface area contributed by atoms with E-state index in [0.717, 1.165) is 5.56 Å². The Labute approximate surface area is 158 Å². The van der Waals surface area contributed by atoms with Gasteiger partial charge in [-0.3, -0.25) is 14.4 Å². The van der Waals surface area contributed by atoms with Gasteiger partial charge in [0.05, 0.1) is 12.0 Å². The molecule has 1 saturated heterocycles. The van der Waals surface area contributed by atoms with E-state index in [-0.39, 0.29) is 17.5 Å². The normalized spacial score (nSPS) is 15.5. The summed E-state index contributed by atoms with van der Waals surface area (Å²) < 4.78 is 5.04. The van der Waals surface area contributed by atoms with E-state index >= 15 is 0 Å². The Bertz CT molecular complexity index is 789. The second-order valence-corrected chi connectivity index (χ2v) is 6.70. The highest BCUT2D eigenvalue weighted by atomic mass is 16.5. The van der Waals surface area contributed by atoms with Crippen LogP contribution >= 0.6 is 0 Å². The van der Waals surface area contributed by atoms with Crippen molar-refractivity contribution in [2.75, 3.05) is 19.7 Å². The second kappa shape index (κ2) is 9.08. The molecule has 27 heavy (non-hydrogen) atoms. The number of hydrogen-bond acceptors (Lipinski definition) is 6. The van der Waals surface area contributed by atoms with E-state index in [0.29, 0.717) is 31.5 Å².